The fraction of sp³-hybridized carbons (Fsp3) is 0.208. The molecule has 3 rings (SSSR count). The molecule has 0 unspecified atom stereocenters. The zero-order valence-corrected chi connectivity index (χ0v) is 19.2. The molecule has 0 spiro atoms. The lowest BCUT2D eigenvalue weighted by molar-refractivity contribution is -0.115. The van der Waals surface area contributed by atoms with E-state index in [1.165, 1.54) is 19.2 Å². The third kappa shape index (κ3) is 5.59. The minimum absolute atomic E-state index is 0.108. The largest absolute Gasteiger partial charge is 0.493 e. The van der Waals surface area contributed by atoms with Crippen molar-refractivity contribution < 1.29 is 22.7 Å². The van der Waals surface area contributed by atoms with Gasteiger partial charge < -0.3 is 14.8 Å². The number of sulfonamides is 1. The third-order valence-corrected chi connectivity index (χ3v) is 6.28. The van der Waals surface area contributed by atoms with Gasteiger partial charge in [-0.25, -0.2) is 8.42 Å². The van der Waals surface area contributed by atoms with Crippen molar-refractivity contribution in [1.29, 1.82) is 0 Å². The number of carbonyl (C=O) groups excluding carboxylic acids is 1. The minimum atomic E-state index is -3.75. The third-order valence-electron chi connectivity index (χ3n) is 4.90. The number of nitrogens with one attached hydrogen (secondary N) is 2. The molecule has 0 aliphatic rings. The Bertz CT molecular complexity index is 1220. The van der Waals surface area contributed by atoms with Gasteiger partial charge in [0.15, 0.2) is 11.5 Å². The van der Waals surface area contributed by atoms with Gasteiger partial charge in [-0.2, -0.15) is 0 Å². The normalized spacial score (nSPS) is 11.0. The van der Waals surface area contributed by atoms with Crippen LogP contribution in [0.2, 0.25) is 0 Å². The number of hydrogen-bond acceptors (Lipinski definition) is 5. The van der Waals surface area contributed by atoms with Crippen LogP contribution in [0.5, 0.6) is 11.5 Å². The second kappa shape index (κ2) is 9.74. The maximum Gasteiger partial charge on any atom is 0.261 e. The van der Waals surface area contributed by atoms with E-state index in [0.29, 0.717) is 22.9 Å². The molecule has 8 heteroatoms. The average Bonchev–Trinajstić information content (AvgIpc) is 2.76. The molecule has 0 radical (unpaired) electrons. The lowest BCUT2D eigenvalue weighted by Crippen LogP contribution is -2.16. The number of amides is 1. The quantitative estimate of drug-likeness (QED) is 0.529. The van der Waals surface area contributed by atoms with Crippen molar-refractivity contribution in [3.63, 3.8) is 0 Å². The maximum absolute atomic E-state index is 12.7. The molecule has 0 aliphatic heterocycles. The summed E-state index contributed by atoms with van der Waals surface area (Å²) in [6.07, 6.45) is 0.134. The number of aryl methyl sites for hydroxylation is 2. The first-order chi connectivity index (χ1) is 15.2. The highest BCUT2D eigenvalue weighted by atomic mass is 32.2. The van der Waals surface area contributed by atoms with E-state index in [9.17, 15) is 13.2 Å². The summed E-state index contributed by atoms with van der Waals surface area (Å²) < 4.78 is 38.5. The molecule has 0 aliphatic carbocycles. The van der Waals surface area contributed by atoms with Gasteiger partial charge in [0.2, 0.25) is 5.91 Å². The van der Waals surface area contributed by atoms with Crippen LogP contribution >= 0.6 is 0 Å². The Kier molecular flexibility index (Phi) is 7.05. The van der Waals surface area contributed by atoms with Crippen molar-refractivity contribution >= 4 is 27.3 Å². The van der Waals surface area contributed by atoms with Gasteiger partial charge >= 0.3 is 0 Å². The number of hydrogen-bond donors (Lipinski definition) is 2. The van der Waals surface area contributed by atoms with E-state index in [2.05, 4.69) is 10.0 Å². The van der Waals surface area contributed by atoms with Crippen molar-refractivity contribution in [2.75, 3.05) is 24.3 Å². The molecule has 0 atom stereocenters. The average molecular weight is 455 g/mol. The zero-order valence-electron chi connectivity index (χ0n) is 18.4. The van der Waals surface area contributed by atoms with Crippen LogP contribution in [0.25, 0.3) is 0 Å². The predicted octanol–water partition coefficient (Wildman–Crippen LogP) is 4.30. The van der Waals surface area contributed by atoms with E-state index >= 15 is 0 Å². The molecule has 1 amide bonds. The van der Waals surface area contributed by atoms with Gasteiger partial charge in [-0.3, -0.25) is 9.52 Å². The van der Waals surface area contributed by atoms with Crippen molar-refractivity contribution in [2.45, 2.75) is 25.2 Å². The van der Waals surface area contributed by atoms with Gasteiger partial charge in [0, 0.05) is 5.69 Å². The Morgan fingerprint density at radius 1 is 0.875 bits per heavy atom. The van der Waals surface area contributed by atoms with E-state index in [0.717, 1.165) is 16.7 Å². The van der Waals surface area contributed by atoms with Crippen molar-refractivity contribution in [2.24, 2.45) is 0 Å². The highest BCUT2D eigenvalue weighted by Gasteiger charge is 2.16. The Morgan fingerprint density at radius 3 is 2.22 bits per heavy atom. The molecule has 0 saturated carbocycles. The highest BCUT2D eigenvalue weighted by molar-refractivity contribution is 7.92. The Hall–Kier alpha value is -3.52. The zero-order chi connectivity index (χ0) is 23.3. The van der Waals surface area contributed by atoms with Crippen LogP contribution in [0.4, 0.5) is 11.4 Å². The van der Waals surface area contributed by atoms with Crippen LogP contribution in [0.1, 0.15) is 16.7 Å². The van der Waals surface area contributed by atoms with Gasteiger partial charge in [0.1, 0.15) is 0 Å². The summed E-state index contributed by atoms with van der Waals surface area (Å²) in [7, 11) is -0.668. The molecule has 3 aromatic rings. The van der Waals surface area contributed by atoms with Crippen LogP contribution in [0.3, 0.4) is 0 Å². The number of benzene rings is 3. The molecule has 0 fully saturated rings. The van der Waals surface area contributed by atoms with Crippen LogP contribution in [-0.2, 0) is 21.2 Å². The fourth-order valence-corrected chi connectivity index (χ4v) is 4.27. The number of rotatable bonds is 8. The van der Waals surface area contributed by atoms with Gasteiger partial charge in [-0.1, -0.05) is 18.2 Å². The van der Waals surface area contributed by atoms with Crippen LogP contribution < -0.4 is 19.5 Å². The Labute approximate surface area is 188 Å². The molecular formula is C24H26N2O5S. The lowest BCUT2D eigenvalue weighted by atomic mass is 10.1. The molecule has 0 heterocycles. The summed E-state index contributed by atoms with van der Waals surface area (Å²) in [5.74, 6) is 0.896. The lowest BCUT2D eigenvalue weighted by Gasteiger charge is -2.12. The molecule has 3 aromatic carbocycles. The second-order valence-electron chi connectivity index (χ2n) is 7.36. The van der Waals surface area contributed by atoms with Gasteiger partial charge in [0.25, 0.3) is 10.0 Å². The number of ether oxygens (including phenoxy) is 2. The van der Waals surface area contributed by atoms with E-state index in [4.69, 9.17) is 9.47 Å². The summed E-state index contributed by atoms with van der Waals surface area (Å²) in [6.45, 7) is 3.74. The molecule has 0 aromatic heterocycles. The summed E-state index contributed by atoms with van der Waals surface area (Å²) in [5.41, 5.74) is 3.59. The summed E-state index contributed by atoms with van der Waals surface area (Å²) >= 11 is 0. The first-order valence-corrected chi connectivity index (χ1v) is 11.4. The van der Waals surface area contributed by atoms with Crippen molar-refractivity contribution in [3.8, 4) is 11.5 Å². The molecular weight excluding hydrogens is 428 g/mol. The van der Waals surface area contributed by atoms with Crippen molar-refractivity contribution in [3.05, 3.63) is 77.4 Å². The SMILES string of the molecule is COc1ccc(CC(=O)Nc2ccc(S(=O)(=O)Nc3cc(C)ccc3C)cc2)cc1OC. The maximum atomic E-state index is 12.7. The Balaban J connectivity index is 1.67. The van der Waals surface area contributed by atoms with E-state index < -0.39 is 10.0 Å². The molecule has 168 valence electrons. The standard InChI is InChI=1S/C24H26N2O5S/c1-16-5-6-17(2)21(13-16)26-32(28,29)20-10-8-19(9-11-20)25-24(27)15-18-7-12-22(30-3)23(14-18)31-4/h5-14,26H,15H2,1-4H3,(H,25,27). The smallest absolute Gasteiger partial charge is 0.261 e. The van der Waals surface area contributed by atoms with Crippen molar-refractivity contribution in [1.82, 2.24) is 0 Å². The summed E-state index contributed by atoms with van der Waals surface area (Å²) in [5, 5.41) is 2.78. The number of carbonyl (C=O) groups is 1. The van der Waals surface area contributed by atoms with Gasteiger partial charge in [0.05, 0.1) is 31.2 Å². The minimum Gasteiger partial charge on any atom is -0.493 e. The summed E-state index contributed by atoms with van der Waals surface area (Å²) in [6, 6.07) is 16.9. The van der Waals surface area contributed by atoms with E-state index in [1.54, 1.807) is 43.5 Å². The van der Waals surface area contributed by atoms with Crippen LogP contribution in [0, 0.1) is 13.8 Å². The van der Waals surface area contributed by atoms with Gasteiger partial charge in [-0.05, 0) is 73.0 Å². The molecule has 0 saturated heterocycles. The molecule has 32 heavy (non-hydrogen) atoms. The predicted molar refractivity (Wildman–Crippen MR) is 125 cm³/mol. The number of anilines is 2. The molecule has 0 bridgehead atoms. The topological polar surface area (TPSA) is 93.7 Å². The monoisotopic (exact) mass is 454 g/mol. The fourth-order valence-electron chi connectivity index (χ4n) is 3.15. The van der Waals surface area contributed by atoms with Crippen LogP contribution in [-0.4, -0.2) is 28.5 Å². The molecule has 7 nitrogen and oxygen atoms in total. The molecule has 2 N–H and O–H groups in total. The highest BCUT2D eigenvalue weighted by Crippen LogP contribution is 2.28. The van der Waals surface area contributed by atoms with Gasteiger partial charge in [-0.15, -0.1) is 0 Å². The number of methoxy groups -OCH3 is 2. The first kappa shape index (κ1) is 23.1. The first-order valence-electron chi connectivity index (χ1n) is 9.92. The van der Waals surface area contributed by atoms with E-state index in [1.807, 2.05) is 26.0 Å². The second-order valence-corrected chi connectivity index (χ2v) is 9.04. The Morgan fingerprint density at radius 2 is 1.56 bits per heavy atom. The summed E-state index contributed by atoms with van der Waals surface area (Å²) in [4.78, 5) is 12.5. The van der Waals surface area contributed by atoms with Crippen LogP contribution in [0.15, 0.2) is 65.6 Å². The van der Waals surface area contributed by atoms with E-state index in [-0.39, 0.29) is 17.2 Å².